The number of hydrogen-bond donors (Lipinski definition) is 0. The number of para-hydroxylation sites is 1. The van der Waals surface area contributed by atoms with Gasteiger partial charge in [0.15, 0.2) is 11.6 Å². The van der Waals surface area contributed by atoms with Gasteiger partial charge < -0.3 is 9.64 Å². The first kappa shape index (κ1) is 17.4. The van der Waals surface area contributed by atoms with Gasteiger partial charge in [-0.25, -0.2) is 8.78 Å². The molecule has 25 heavy (non-hydrogen) atoms. The van der Waals surface area contributed by atoms with Crippen LogP contribution in [0.3, 0.4) is 0 Å². The van der Waals surface area contributed by atoms with E-state index < -0.39 is 11.6 Å². The molecule has 0 radical (unpaired) electrons. The summed E-state index contributed by atoms with van der Waals surface area (Å²) >= 11 is 0. The Labute approximate surface area is 145 Å². The first-order valence-corrected chi connectivity index (χ1v) is 8.28. The normalized spacial score (nSPS) is 15.2. The molecule has 1 fully saturated rings. The molecule has 1 amide bonds. The maximum absolute atomic E-state index is 13.3. The maximum Gasteiger partial charge on any atom is 0.254 e. The number of nitrogens with zero attached hydrogens (tertiary/aromatic N) is 2. The van der Waals surface area contributed by atoms with E-state index in [0.717, 1.165) is 37.5 Å². The Hall–Kier alpha value is -2.47. The second-order valence-electron chi connectivity index (χ2n) is 5.92. The summed E-state index contributed by atoms with van der Waals surface area (Å²) in [7, 11) is 0. The van der Waals surface area contributed by atoms with Gasteiger partial charge in [-0.1, -0.05) is 18.2 Å². The van der Waals surface area contributed by atoms with Crippen molar-refractivity contribution in [3.8, 4) is 5.75 Å². The number of ether oxygens (including phenoxy) is 1. The van der Waals surface area contributed by atoms with E-state index in [9.17, 15) is 13.6 Å². The first-order chi connectivity index (χ1) is 12.1. The SMILES string of the molecule is O=C(c1ccc(F)c(F)c1)N1CCN(CCOc2ccccc2)CC1. The Morgan fingerprint density at radius 3 is 2.36 bits per heavy atom. The number of hydrogen-bond acceptors (Lipinski definition) is 3. The molecule has 0 saturated carbocycles. The molecule has 1 aliphatic heterocycles. The molecule has 1 heterocycles. The second-order valence-corrected chi connectivity index (χ2v) is 5.92. The van der Waals surface area contributed by atoms with E-state index in [0.29, 0.717) is 19.7 Å². The van der Waals surface area contributed by atoms with Gasteiger partial charge in [0.25, 0.3) is 5.91 Å². The minimum atomic E-state index is -0.998. The second kappa shape index (κ2) is 8.07. The van der Waals surface area contributed by atoms with Crippen molar-refractivity contribution in [3.63, 3.8) is 0 Å². The van der Waals surface area contributed by atoms with Gasteiger partial charge in [-0.15, -0.1) is 0 Å². The van der Waals surface area contributed by atoms with Gasteiger partial charge >= 0.3 is 0 Å². The lowest BCUT2D eigenvalue weighted by molar-refractivity contribution is 0.0619. The van der Waals surface area contributed by atoms with Crippen LogP contribution < -0.4 is 4.74 Å². The number of carbonyl (C=O) groups is 1. The van der Waals surface area contributed by atoms with E-state index in [1.54, 1.807) is 4.90 Å². The highest BCUT2D eigenvalue weighted by atomic mass is 19.2. The van der Waals surface area contributed by atoms with E-state index >= 15 is 0 Å². The molecule has 3 rings (SSSR count). The number of benzene rings is 2. The van der Waals surface area contributed by atoms with Crippen molar-refractivity contribution in [2.24, 2.45) is 0 Å². The molecule has 6 heteroatoms. The quantitative estimate of drug-likeness (QED) is 0.835. The monoisotopic (exact) mass is 346 g/mol. The molecule has 1 aliphatic rings. The van der Waals surface area contributed by atoms with Crippen LogP contribution in [0.2, 0.25) is 0 Å². The summed E-state index contributed by atoms with van der Waals surface area (Å²) in [6, 6.07) is 12.9. The molecule has 1 saturated heterocycles. The summed E-state index contributed by atoms with van der Waals surface area (Å²) in [6.45, 7) is 3.94. The molecule has 2 aromatic rings. The third-order valence-electron chi connectivity index (χ3n) is 4.25. The average Bonchev–Trinajstić information content (AvgIpc) is 2.65. The van der Waals surface area contributed by atoms with Crippen molar-refractivity contribution in [1.82, 2.24) is 9.80 Å². The molecular formula is C19H20F2N2O2. The van der Waals surface area contributed by atoms with Crippen LogP contribution in [0.25, 0.3) is 0 Å². The lowest BCUT2D eigenvalue weighted by atomic mass is 10.1. The van der Waals surface area contributed by atoms with Crippen LogP contribution in [0.15, 0.2) is 48.5 Å². The van der Waals surface area contributed by atoms with Crippen LogP contribution in [0, 0.1) is 11.6 Å². The van der Waals surface area contributed by atoms with Crippen LogP contribution in [0.1, 0.15) is 10.4 Å². The highest BCUT2D eigenvalue weighted by Crippen LogP contribution is 2.13. The lowest BCUT2D eigenvalue weighted by Gasteiger charge is -2.34. The molecule has 4 nitrogen and oxygen atoms in total. The zero-order valence-corrected chi connectivity index (χ0v) is 13.8. The number of halogens is 2. The highest BCUT2D eigenvalue weighted by Gasteiger charge is 2.22. The summed E-state index contributed by atoms with van der Waals surface area (Å²) < 4.78 is 31.9. The van der Waals surface area contributed by atoms with E-state index in [1.807, 2.05) is 30.3 Å². The van der Waals surface area contributed by atoms with Crippen LogP contribution in [-0.4, -0.2) is 55.0 Å². The van der Waals surface area contributed by atoms with Crippen molar-refractivity contribution in [2.45, 2.75) is 0 Å². The Bertz CT molecular complexity index is 717. The van der Waals surface area contributed by atoms with Gasteiger partial charge in [0, 0.05) is 38.3 Å². The van der Waals surface area contributed by atoms with E-state index in [1.165, 1.54) is 6.07 Å². The third kappa shape index (κ3) is 4.54. The predicted molar refractivity (Wildman–Crippen MR) is 90.6 cm³/mol. The van der Waals surface area contributed by atoms with Gasteiger partial charge in [-0.05, 0) is 30.3 Å². The number of amides is 1. The Morgan fingerprint density at radius 2 is 1.68 bits per heavy atom. The Kier molecular flexibility index (Phi) is 5.60. The summed E-state index contributed by atoms with van der Waals surface area (Å²) in [5, 5.41) is 0. The van der Waals surface area contributed by atoms with Crippen molar-refractivity contribution >= 4 is 5.91 Å². The molecule has 0 aliphatic carbocycles. The minimum absolute atomic E-state index is 0.180. The summed E-state index contributed by atoms with van der Waals surface area (Å²) in [5.74, 6) is -1.36. The summed E-state index contributed by atoms with van der Waals surface area (Å²) in [4.78, 5) is 16.3. The fourth-order valence-corrected chi connectivity index (χ4v) is 2.80. The molecule has 0 bridgehead atoms. The largest absolute Gasteiger partial charge is 0.492 e. The predicted octanol–water partition coefficient (Wildman–Crippen LogP) is 2.80. The van der Waals surface area contributed by atoms with Crippen molar-refractivity contribution in [1.29, 1.82) is 0 Å². The lowest BCUT2D eigenvalue weighted by Crippen LogP contribution is -2.49. The molecular weight excluding hydrogens is 326 g/mol. The Balaban J connectivity index is 1.45. The van der Waals surface area contributed by atoms with Gasteiger partial charge in [-0.3, -0.25) is 9.69 Å². The first-order valence-electron chi connectivity index (χ1n) is 8.28. The van der Waals surface area contributed by atoms with E-state index in [2.05, 4.69) is 4.90 Å². The fourth-order valence-electron chi connectivity index (χ4n) is 2.80. The number of rotatable bonds is 5. The van der Waals surface area contributed by atoms with Gasteiger partial charge in [-0.2, -0.15) is 0 Å². The zero-order valence-electron chi connectivity index (χ0n) is 13.8. The van der Waals surface area contributed by atoms with Crippen LogP contribution >= 0.6 is 0 Å². The van der Waals surface area contributed by atoms with E-state index in [-0.39, 0.29) is 11.5 Å². The van der Waals surface area contributed by atoms with Crippen LogP contribution in [-0.2, 0) is 0 Å². The number of carbonyl (C=O) groups excluding carboxylic acids is 1. The fraction of sp³-hybridized carbons (Fsp3) is 0.316. The number of piperazine rings is 1. The Morgan fingerprint density at radius 1 is 0.960 bits per heavy atom. The zero-order chi connectivity index (χ0) is 17.6. The molecule has 0 aromatic heterocycles. The topological polar surface area (TPSA) is 32.8 Å². The highest BCUT2D eigenvalue weighted by molar-refractivity contribution is 5.94. The van der Waals surface area contributed by atoms with Gasteiger partial charge in [0.05, 0.1) is 0 Å². The molecule has 2 aromatic carbocycles. The van der Waals surface area contributed by atoms with E-state index in [4.69, 9.17) is 4.74 Å². The van der Waals surface area contributed by atoms with Crippen molar-refractivity contribution < 1.29 is 18.3 Å². The average molecular weight is 346 g/mol. The van der Waals surface area contributed by atoms with Gasteiger partial charge in [0.1, 0.15) is 12.4 Å². The van der Waals surface area contributed by atoms with Gasteiger partial charge in [0.2, 0.25) is 0 Å². The molecule has 0 unspecified atom stereocenters. The maximum atomic E-state index is 13.3. The summed E-state index contributed by atoms with van der Waals surface area (Å²) in [6.07, 6.45) is 0. The standard InChI is InChI=1S/C19H20F2N2O2/c20-17-7-6-15(14-18(17)21)19(24)23-10-8-22(9-11-23)12-13-25-16-4-2-1-3-5-16/h1-7,14H,8-13H2. The van der Waals surface area contributed by atoms with Crippen LogP contribution in [0.4, 0.5) is 8.78 Å². The van der Waals surface area contributed by atoms with Crippen molar-refractivity contribution in [2.75, 3.05) is 39.3 Å². The molecule has 0 spiro atoms. The smallest absolute Gasteiger partial charge is 0.254 e. The molecule has 132 valence electrons. The molecule has 0 atom stereocenters. The summed E-state index contributed by atoms with van der Waals surface area (Å²) in [5.41, 5.74) is 0.180. The third-order valence-corrected chi connectivity index (χ3v) is 4.25. The minimum Gasteiger partial charge on any atom is -0.492 e. The van der Waals surface area contributed by atoms with Crippen molar-refractivity contribution in [3.05, 3.63) is 65.7 Å². The molecule has 0 N–H and O–H groups in total. The van der Waals surface area contributed by atoms with Crippen LogP contribution in [0.5, 0.6) is 5.75 Å².